The Hall–Kier alpha value is -1.76. The Morgan fingerprint density at radius 1 is 1.29 bits per heavy atom. The van der Waals surface area contributed by atoms with Crippen LogP contribution >= 0.6 is 0 Å². The van der Waals surface area contributed by atoms with Crippen LogP contribution in [0.4, 0.5) is 5.69 Å². The smallest absolute Gasteiger partial charge is 0.232 e. The van der Waals surface area contributed by atoms with Gasteiger partial charge in [-0.1, -0.05) is 25.3 Å². The lowest BCUT2D eigenvalue weighted by molar-refractivity contribution is -0.125. The predicted octanol–water partition coefficient (Wildman–Crippen LogP) is 2.16. The van der Waals surface area contributed by atoms with E-state index in [1.807, 2.05) is 0 Å². The predicted molar refractivity (Wildman–Crippen MR) is 94.8 cm³/mol. The fraction of sp³-hybridized carbons (Fsp3) is 0.588. The molecule has 0 saturated heterocycles. The Kier molecular flexibility index (Phi) is 6.48. The molecule has 134 valence electrons. The van der Waals surface area contributed by atoms with Crippen molar-refractivity contribution in [2.45, 2.75) is 32.1 Å². The molecule has 0 aromatic heterocycles. The van der Waals surface area contributed by atoms with Crippen molar-refractivity contribution in [1.82, 2.24) is 5.32 Å². The number of carbonyl (C=O) groups excluding carboxylic acids is 1. The molecule has 24 heavy (non-hydrogen) atoms. The summed E-state index contributed by atoms with van der Waals surface area (Å²) in [6.07, 6.45) is 6.40. The van der Waals surface area contributed by atoms with Gasteiger partial charge in [-0.3, -0.25) is 9.10 Å². The summed E-state index contributed by atoms with van der Waals surface area (Å²) in [6, 6.07) is 6.89. The molecule has 7 heteroatoms. The fourth-order valence-corrected chi connectivity index (χ4v) is 3.96. The molecule has 0 unspecified atom stereocenters. The molecule has 0 atom stereocenters. The van der Waals surface area contributed by atoms with E-state index >= 15 is 0 Å². The average molecular weight is 354 g/mol. The first-order valence-corrected chi connectivity index (χ1v) is 10.2. The van der Waals surface area contributed by atoms with Crippen molar-refractivity contribution in [2.24, 2.45) is 5.92 Å². The second-order valence-electron chi connectivity index (χ2n) is 6.16. The Morgan fingerprint density at radius 2 is 2.00 bits per heavy atom. The molecule has 1 aliphatic rings. The number of sulfonamides is 1. The van der Waals surface area contributed by atoms with Crippen molar-refractivity contribution in [2.75, 3.05) is 30.8 Å². The van der Waals surface area contributed by atoms with Crippen LogP contribution in [0.25, 0.3) is 0 Å². The summed E-state index contributed by atoms with van der Waals surface area (Å²) in [5.74, 6) is 0.698. The van der Waals surface area contributed by atoms with Gasteiger partial charge in [0.15, 0.2) is 0 Å². The number of hydrogen-bond acceptors (Lipinski definition) is 4. The number of ether oxygens (including phenoxy) is 1. The first kappa shape index (κ1) is 18.6. The van der Waals surface area contributed by atoms with E-state index in [9.17, 15) is 13.2 Å². The zero-order chi connectivity index (χ0) is 17.6. The van der Waals surface area contributed by atoms with Crippen molar-refractivity contribution >= 4 is 21.6 Å². The third-order valence-electron chi connectivity index (χ3n) is 4.33. The highest BCUT2D eigenvalue weighted by Crippen LogP contribution is 2.24. The molecule has 0 spiro atoms. The summed E-state index contributed by atoms with van der Waals surface area (Å²) >= 11 is 0. The highest BCUT2D eigenvalue weighted by molar-refractivity contribution is 7.92. The lowest BCUT2D eigenvalue weighted by atomic mass is 9.89. The van der Waals surface area contributed by atoms with Crippen molar-refractivity contribution < 1.29 is 17.9 Å². The van der Waals surface area contributed by atoms with Gasteiger partial charge in [-0.15, -0.1) is 0 Å². The van der Waals surface area contributed by atoms with E-state index in [0.29, 0.717) is 18.0 Å². The summed E-state index contributed by atoms with van der Waals surface area (Å²) in [5.41, 5.74) is 0.531. The molecule has 1 aromatic rings. The van der Waals surface area contributed by atoms with E-state index in [4.69, 9.17) is 4.74 Å². The van der Waals surface area contributed by atoms with Crippen molar-refractivity contribution in [3.05, 3.63) is 24.3 Å². The summed E-state index contributed by atoms with van der Waals surface area (Å²) in [7, 11) is -1.90. The van der Waals surface area contributed by atoms with Crippen molar-refractivity contribution in [3.63, 3.8) is 0 Å². The summed E-state index contributed by atoms with van der Waals surface area (Å²) < 4.78 is 30.6. The molecular weight excluding hydrogens is 328 g/mol. The van der Waals surface area contributed by atoms with Crippen LogP contribution in [-0.4, -0.2) is 40.8 Å². The second kappa shape index (κ2) is 8.37. The molecule has 1 saturated carbocycles. The highest BCUT2D eigenvalue weighted by atomic mass is 32.2. The second-order valence-corrected chi connectivity index (χ2v) is 8.07. The van der Waals surface area contributed by atoms with E-state index in [0.717, 1.165) is 31.9 Å². The van der Waals surface area contributed by atoms with Gasteiger partial charge in [-0.25, -0.2) is 8.42 Å². The molecule has 0 bridgehead atoms. The lowest BCUT2D eigenvalue weighted by Crippen LogP contribution is -2.40. The van der Waals surface area contributed by atoms with E-state index in [1.165, 1.54) is 17.8 Å². The van der Waals surface area contributed by atoms with E-state index in [-0.39, 0.29) is 18.4 Å². The van der Waals surface area contributed by atoms with Gasteiger partial charge < -0.3 is 10.1 Å². The summed E-state index contributed by atoms with van der Waals surface area (Å²) in [4.78, 5) is 12.2. The number of carbonyl (C=O) groups is 1. The third kappa shape index (κ3) is 5.12. The zero-order valence-electron chi connectivity index (χ0n) is 14.3. The number of rotatable bonds is 7. The maximum atomic E-state index is 12.2. The van der Waals surface area contributed by atoms with Gasteiger partial charge in [0.2, 0.25) is 15.9 Å². The number of anilines is 1. The molecule has 1 N–H and O–H groups in total. The van der Waals surface area contributed by atoms with Gasteiger partial charge >= 0.3 is 0 Å². The molecule has 0 heterocycles. The quantitative estimate of drug-likeness (QED) is 0.814. The van der Waals surface area contributed by atoms with Crippen LogP contribution < -0.4 is 14.4 Å². The molecule has 0 radical (unpaired) electrons. The van der Waals surface area contributed by atoms with E-state index in [2.05, 4.69) is 5.32 Å². The van der Waals surface area contributed by atoms with Crippen LogP contribution in [0.5, 0.6) is 5.75 Å². The maximum Gasteiger partial charge on any atom is 0.232 e. The first-order valence-electron chi connectivity index (χ1n) is 8.31. The topological polar surface area (TPSA) is 75.7 Å². The molecule has 2 rings (SSSR count). The minimum absolute atomic E-state index is 0.0359. The standard InChI is InChI=1S/C17H26N2O4S/c1-23-16-10-6-9-15(13-16)19(24(2,21)22)12-11-18-17(20)14-7-4-3-5-8-14/h6,9-10,13-14H,3-5,7-8,11-12H2,1-2H3,(H,18,20). The molecule has 6 nitrogen and oxygen atoms in total. The number of hydrogen-bond donors (Lipinski definition) is 1. The zero-order valence-corrected chi connectivity index (χ0v) is 15.1. The van der Waals surface area contributed by atoms with Crippen LogP contribution in [0.2, 0.25) is 0 Å². The number of methoxy groups -OCH3 is 1. The molecule has 1 aliphatic carbocycles. The Balaban J connectivity index is 1.98. The normalized spacial score (nSPS) is 15.8. The lowest BCUT2D eigenvalue weighted by Gasteiger charge is -2.24. The third-order valence-corrected chi connectivity index (χ3v) is 5.53. The van der Waals surface area contributed by atoms with Gasteiger partial charge in [0, 0.05) is 18.5 Å². The molecule has 1 fully saturated rings. The van der Waals surface area contributed by atoms with Crippen LogP contribution in [0.15, 0.2) is 24.3 Å². The molecule has 1 aromatic carbocycles. The van der Waals surface area contributed by atoms with Crippen molar-refractivity contribution in [1.29, 1.82) is 0 Å². The van der Waals surface area contributed by atoms with Crippen LogP contribution in [0.3, 0.4) is 0 Å². The largest absolute Gasteiger partial charge is 0.497 e. The summed E-state index contributed by atoms with van der Waals surface area (Å²) in [6.45, 7) is 0.490. The number of benzene rings is 1. The molecule has 1 amide bonds. The first-order chi connectivity index (χ1) is 11.4. The fourth-order valence-electron chi connectivity index (χ4n) is 3.04. The number of nitrogens with zero attached hydrogens (tertiary/aromatic N) is 1. The van der Waals surface area contributed by atoms with Crippen LogP contribution in [0, 0.1) is 5.92 Å². The Labute approximate surface area is 144 Å². The number of amides is 1. The highest BCUT2D eigenvalue weighted by Gasteiger charge is 2.22. The average Bonchev–Trinajstić information content (AvgIpc) is 2.58. The summed E-state index contributed by atoms with van der Waals surface area (Å²) in [5, 5.41) is 2.88. The van der Waals surface area contributed by atoms with Gasteiger partial charge in [0.05, 0.1) is 25.6 Å². The van der Waals surface area contributed by atoms with E-state index in [1.54, 1.807) is 24.3 Å². The monoisotopic (exact) mass is 354 g/mol. The Morgan fingerprint density at radius 3 is 2.62 bits per heavy atom. The van der Waals surface area contributed by atoms with E-state index < -0.39 is 10.0 Å². The minimum Gasteiger partial charge on any atom is -0.497 e. The molecular formula is C17H26N2O4S. The van der Waals surface area contributed by atoms with Crippen LogP contribution in [0.1, 0.15) is 32.1 Å². The van der Waals surface area contributed by atoms with Gasteiger partial charge in [-0.05, 0) is 25.0 Å². The molecule has 0 aliphatic heterocycles. The van der Waals surface area contributed by atoms with Gasteiger partial charge in [0.25, 0.3) is 0 Å². The van der Waals surface area contributed by atoms with Crippen LogP contribution in [-0.2, 0) is 14.8 Å². The van der Waals surface area contributed by atoms with Gasteiger partial charge in [0.1, 0.15) is 5.75 Å². The minimum atomic E-state index is -3.44. The number of nitrogens with one attached hydrogen (secondary N) is 1. The van der Waals surface area contributed by atoms with Crippen molar-refractivity contribution in [3.8, 4) is 5.75 Å². The van der Waals surface area contributed by atoms with Gasteiger partial charge in [-0.2, -0.15) is 0 Å². The maximum absolute atomic E-state index is 12.2. The SMILES string of the molecule is COc1cccc(N(CCNC(=O)C2CCCCC2)S(C)(=O)=O)c1. The Bertz CT molecular complexity index is 654.